The second-order valence-corrected chi connectivity index (χ2v) is 5.32. The van der Waals surface area contributed by atoms with Gasteiger partial charge < -0.3 is 0 Å². The Morgan fingerprint density at radius 3 is 0.875 bits per heavy atom. The van der Waals surface area contributed by atoms with E-state index in [1.165, 1.54) is 0 Å². The van der Waals surface area contributed by atoms with E-state index < -0.39 is 45.2 Å². The van der Waals surface area contributed by atoms with Crippen LogP contribution >= 0.6 is 0 Å². The molecule has 0 radical (unpaired) electrons. The third kappa shape index (κ3) is 2.96. The fourth-order valence-electron chi connectivity index (χ4n) is 2.11. The summed E-state index contributed by atoms with van der Waals surface area (Å²) < 4.78 is 17.3. The minimum Gasteiger partial charge on any atom is -0.160 e. The van der Waals surface area contributed by atoms with Crippen LogP contribution in [0.5, 0.6) is 0 Å². The molecule has 4 N–H and O–H groups in total. The van der Waals surface area contributed by atoms with E-state index in [1.54, 1.807) is 0 Å². The minimum absolute atomic E-state index is 0.185. The molecule has 0 aliphatic heterocycles. The van der Waals surface area contributed by atoms with Crippen LogP contribution < -0.4 is 18.2 Å². The zero-order valence-electron chi connectivity index (χ0n) is 14.6. The van der Waals surface area contributed by atoms with Gasteiger partial charge in [0.05, 0.1) is 0 Å². The molecule has 0 amide bonds. The van der Waals surface area contributed by atoms with Crippen LogP contribution in [0.15, 0.2) is 18.5 Å². The van der Waals surface area contributed by atoms with Crippen molar-refractivity contribution in [2.24, 2.45) is 0 Å². The normalized spacial score (nSPS) is 11.0. The third-order valence-electron chi connectivity index (χ3n) is 3.43. The molecular formula is C8H4N16O8+4. The molecular weight excluding hydrogens is 448 g/mol. The first-order chi connectivity index (χ1) is 15.5. The van der Waals surface area contributed by atoms with Crippen molar-refractivity contribution in [1.29, 1.82) is 0 Å². The van der Waals surface area contributed by atoms with Gasteiger partial charge in [-0.3, -0.25) is 0 Å². The number of aromatic nitrogens is 16. The van der Waals surface area contributed by atoms with Gasteiger partial charge in [-0.25, -0.2) is 0 Å². The lowest BCUT2D eigenvalue weighted by molar-refractivity contribution is -0.548. The Balaban J connectivity index is 2.08. The van der Waals surface area contributed by atoms with Crippen LogP contribution in [0.1, 0.15) is 0 Å². The van der Waals surface area contributed by atoms with Crippen molar-refractivity contribution < 1.29 is 36.7 Å². The molecule has 0 saturated heterocycles. The number of nitrogens with one attached hydrogen (secondary N) is 4. The molecule has 0 fully saturated rings. The lowest BCUT2D eigenvalue weighted by Crippen LogP contribution is -2.25. The summed E-state index contributed by atoms with van der Waals surface area (Å²) in [6.07, 6.45) is 0. The molecule has 0 atom stereocenters. The smallest absolute Gasteiger partial charge is 0.160 e. The molecule has 24 nitrogen and oxygen atoms in total. The number of aromatic amines is 4. The van der Waals surface area contributed by atoms with E-state index in [4.69, 9.17) is 0 Å². The highest BCUT2D eigenvalue weighted by molar-refractivity contribution is 5.59. The largest absolute Gasteiger partial charge is 0.488 e. The summed E-state index contributed by atoms with van der Waals surface area (Å²) in [7, 11) is 0. The van der Waals surface area contributed by atoms with Gasteiger partial charge in [-0.15, -0.1) is 20.6 Å². The number of fused-ring (bicyclic) bond motifs is 4. The van der Waals surface area contributed by atoms with Gasteiger partial charge in [-0.05, 0) is 40.0 Å². The Bertz CT molecular complexity index is 1610. The van der Waals surface area contributed by atoms with Gasteiger partial charge in [0, 0.05) is 0 Å². The second kappa shape index (κ2) is 6.89. The molecule has 0 saturated carbocycles. The van der Waals surface area contributed by atoms with Crippen molar-refractivity contribution in [3.8, 4) is 0 Å². The Morgan fingerprint density at radius 1 is 0.438 bits per heavy atom. The quantitative estimate of drug-likeness (QED) is 0.161. The molecule has 0 spiro atoms. The lowest BCUT2D eigenvalue weighted by Gasteiger charge is -1.68. The van der Waals surface area contributed by atoms with Crippen molar-refractivity contribution in [3.05, 3.63) is 19.6 Å². The molecule has 0 aliphatic rings. The summed E-state index contributed by atoms with van der Waals surface area (Å²) in [6.45, 7) is 0. The monoisotopic (exact) mass is 452 g/mol. The van der Waals surface area contributed by atoms with E-state index in [1.807, 2.05) is 0 Å². The number of H-pyrrole nitrogens is 4. The lowest BCUT2D eigenvalue weighted by atomic mass is 10.7. The summed E-state index contributed by atoms with van der Waals surface area (Å²) in [5, 5.41) is 35.4. The number of rotatable bonds is 0. The van der Waals surface area contributed by atoms with E-state index in [-0.39, 0.29) is 18.2 Å². The van der Waals surface area contributed by atoms with Crippen LogP contribution in [0.4, 0.5) is 0 Å². The summed E-state index contributed by atoms with van der Waals surface area (Å²) in [5.74, 6) is 0. The average Bonchev–Trinajstić information content (AvgIpc) is 3.54. The summed E-state index contributed by atoms with van der Waals surface area (Å²) in [5.41, 5.74) is -4.86. The Hall–Kier alpha value is -5.84. The Kier molecular flexibility index (Phi) is 3.92. The van der Waals surface area contributed by atoms with Crippen molar-refractivity contribution in [3.63, 3.8) is 0 Å². The van der Waals surface area contributed by atoms with Gasteiger partial charge in [0.1, 0.15) is 18.2 Å². The first-order valence-electron chi connectivity index (χ1n) is 7.76. The third-order valence-corrected chi connectivity index (χ3v) is 3.43. The van der Waals surface area contributed by atoms with Crippen LogP contribution in [0, 0.1) is 19.6 Å². The van der Waals surface area contributed by atoms with Gasteiger partial charge in [-0.2, -0.15) is 18.5 Å². The van der Waals surface area contributed by atoms with E-state index in [0.717, 1.165) is 0 Å². The molecule has 5 aromatic rings. The summed E-state index contributed by atoms with van der Waals surface area (Å²) in [4.78, 5) is 49.5. The van der Waals surface area contributed by atoms with Crippen LogP contribution in [-0.4, -0.2) is 61.6 Å². The van der Waals surface area contributed by atoms with Crippen molar-refractivity contribution in [1.82, 2.24) is 61.6 Å². The maximum Gasteiger partial charge on any atom is 0.488 e. The highest BCUT2D eigenvalue weighted by atomic mass is 16.6. The minimum atomic E-state index is -0.668. The SMILES string of the molecule is O=[n+]1nc2[nH]onc2[n+](=O)nc2[nH]onc2[n+](=O)nc2[nH]onc2[n+](=O)nc2[nH]onc21. The predicted octanol–water partition coefficient (Wildman–Crippen LogP) is -4.39. The summed E-state index contributed by atoms with van der Waals surface area (Å²) in [6, 6.07) is 0. The molecule has 0 aromatic carbocycles. The molecule has 5 rings (SSSR count). The van der Waals surface area contributed by atoms with Crippen molar-refractivity contribution in [2.45, 2.75) is 0 Å². The fraction of sp³-hybridized carbons (Fsp3) is 0. The van der Waals surface area contributed by atoms with Crippen LogP contribution in [0.3, 0.4) is 0 Å². The van der Waals surface area contributed by atoms with Gasteiger partial charge in [0.15, 0.2) is 20.6 Å². The summed E-state index contributed by atoms with van der Waals surface area (Å²) >= 11 is 0. The van der Waals surface area contributed by atoms with Crippen molar-refractivity contribution in [2.75, 3.05) is 0 Å². The van der Waals surface area contributed by atoms with E-state index >= 15 is 0 Å². The maximum absolute atomic E-state index is 12.4. The van der Waals surface area contributed by atoms with Crippen molar-refractivity contribution >= 4 is 45.2 Å². The molecule has 0 unspecified atom stereocenters. The molecule has 160 valence electrons. The maximum atomic E-state index is 12.4. The van der Waals surface area contributed by atoms with Gasteiger partial charge >= 0.3 is 45.2 Å². The molecule has 0 aliphatic carbocycles. The highest BCUT2D eigenvalue weighted by Crippen LogP contribution is 1.97. The molecule has 32 heavy (non-hydrogen) atoms. The Morgan fingerprint density at radius 2 is 0.656 bits per heavy atom. The van der Waals surface area contributed by atoms with Gasteiger partial charge in [0.2, 0.25) is 0 Å². The Labute approximate surface area is 164 Å². The topological polar surface area (TPSA) is 311 Å². The molecule has 24 heteroatoms. The number of nitrogens with zero attached hydrogens (tertiary/aromatic N) is 12. The first-order valence-corrected chi connectivity index (χ1v) is 7.76. The zero-order valence-corrected chi connectivity index (χ0v) is 14.6. The first kappa shape index (κ1) is 18.2. The highest BCUT2D eigenvalue weighted by Gasteiger charge is 2.23. The van der Waals surface area contributed by atoms with Crippen LogP contribution in [0.2, 0.25) is 0 Å². The van der Waals surface area contributed by atoms with Crippen LogP contribution in [0.25, 0.3) is 45.2 Å². The predicted molar refractivity (Wildman–Crippen MR) is 82.8 cm³/mol. The van der Waals surface area contributed by atoms with Gasteiger partial charge in [0.25, 0.3) is 0 Å². The molecule has 0 bridgehead atoms. The van der Waals surface area contributed by atoms with Crippen LogP contribution in [-0.2, 0) is 0 Å². The number of hydrogen-bond acceptors (Lipinski definition) is 16. The fourth-order valence-corrected chi connectivity index (χ4v) is 2.11. The molecule has 5 heterocycles. The second-order valence-electron chi connectivity index (χ2n) is 5.32. The standard InChI is InChI=1S/C8H4N16O8/c25-21-5-1(13-29-17-5)9-22(26)6-2(14-30-18-6)11-24(28)8-4(16-32-20-8)12-23(27)7-3(10-21)15-31-19-7/h(H,9,13,26)(H,10,15,25)(H,11,14,28)(H,12,16,27)/q+4. The van der Waals surface area contributed by atoms with Gasteiger partial charge in [-0.1, -0.05) is 0 Å². The van der Waals surface area contributed by atoms with E-state index in [9.17, 15) is 19.6 Å². The average molecular weight is 452 g/mol. The van der Waals surface area contributed by atoms with E-state index in [2.05, 4.69) is 80.2 Å². The number of hydrogen-bond donors (Lipinski definition) is 4. The van der Waals surface area contributed by atoms with E-state index in [0.29, 0.717) is 0 Å². The molecule has 5 aromatic heterocycles. The zero-order chi connectivity index (χ0) is 22.2.